The smallest absolute Gasteiger partial charge is 0.0843 e. The number of aromatic nitrogens is 2. The van der Waals surface area contributed by atoms with Gasteiger partial charge in [-0.25, -0.2) is 0 Å². The molecule has 1 fully saturated rings. The number of aryl methyl sites for hydroxylation is 1. The molecule has 1 aliphatic rings. The van der Waals surface area contributed by atoms with Crippen LogP contribution < -0.4 is 5.32 Å². The van der Waals surface area contributed by atoms with Gasteiger partial charge in [-0.1, -0.05) is 31.5 Å². The van der Waals surface area contributed by atoms with E-state index in [-0.39, 0.29) is 0 Å². The van der Waals surface area contributed by atoms with E-state index in [1.165, 1.54) is 29.4 Å². The summed E-state index contributed by atoms with van der Waals surface area (Å²) in [6.07, 6.45) is 2.50. The molecule has 114 valence electrons. The number of piperazine rings is 1. The molecule has 3 rings (SSSR count). The molecule has 21 heavy (non-hydrogen) atoms. The van der Waals surface area contributed by atoms with Crippen LogP contribution in [0.2, 0.25) is 0 Å². The second-order valence-corrected chi connectivity index (χ2v) is 6.26. The van der Waals surface area contributed by atoms with Crippen molar-refractivity contribution in [3.63, 3.8) is 0 Å². The average Bonchev–Trinajstić information content (AvgIpc) is 2.80. The lowest BCUT2D eigenvalue weighted by Crippen LogP contribution is -2.54. The first-order chi connectivity index (χ1) is 10.2. The van der Waals surface area contributed by atoms with Gasteiger partial charge in [0.05, 0.1) is 11.2 Å². The van der Waals surface area contributed by atoms with Crippen molar-refractivity contribution in [2.45, 2.75) is 45.3 Å². The molecule has 0 bridgehead atoms. The summed E-state index contributed by atoms with van der Waals surface area (Å²) in [6, 6.07) is 9.72. The fourth-order valence-corrected chi connectivity index (χ4v) is 3.35. The lowest BCUT2D eigenvalue weighted by molar-refractivity contribution is 0.128. The molecule has 0 aliphatic carbocycles. The van der Waals surface area contributed by atoms with Gasteiger partial charge in [-0.15, -0.1) is 0 Å². The predicted molar refractivity (Wildman–Crippen MR) is 87.3 cm³/mol. The van der Waals surface area contributed by atoms with Crippen LogP contribution in [0, 0.1) is 0 Å². The molecule has 2 atom stereocenters. The summed E-state index contributed by atoms with van der Waals surface area (Å²) in [5, 5.41) is 9.69. The molecule has 1 aromatic carbocycles. The lowest BCUT2D eigenvalue weighted by atomic mass is 10.1. The molecular weight excluding hydrogens is 260 g/mol. The number of nitrogens with zero attached hydrogens (tertiary/aromatic N) is 3. The number of para-hydroxylation sites is 1. The molecular formula is C17H26N4. The fourth-order valence-electron chi connectivity index (χ4n) is 3.35. The minimum absolute atomic E-state index is 0.568. The van der Waals surface area contributed by atoms with Gasteiger partial charge in [0.25, 0.3) is 0 Å². The summed E-state index contributed by atoms with van der Waals surface area (Å²) in [7, 11) is 2.03. The first-order valence-corrected chi connectivity index (χ1v) is 8.07. The normalized spacial score (nSPS) is 23.8. The van der Waals surface area contributed by atoms with Crippen LogP contribution in [0.5, 0.6) is 0 Å². The van der Waals surface area contributed by atoms with Crippen LogP contribution in [-0.2, 0) is 13.6 Å². The van der Waals surface area contributed by atoms with Crippen LogP contribution in [0.25, 0.3) is 10.9 Å². The van der Waals surface area contributed by atoms with Crippen molar-refractivity contribution >= 4 is 10.9 Å². The highest BCUT2D eigenvalue weighted by atomic mass is 15.3. The van der Waals surface area contributed by atoms with Gasteiger partial charge in [-0.3, -0.25) is 9.58 Å². The van der Waals surface area contributed by atoms with E-state index in [0.29, 0.717) is 12.1 Å². The quantitative estimate of drug-likeness (QED) is 0.937. The van der Waals surface area contributed by atoms with E-state index in [4.69, 9.17) is 5.10 Å². The number of hydrogen-bond acceptors (Lipinski definition) is 3. The van der Waals surface area contributed by atoms with Crippen molar-refractivity contribution in [2.24, 2.45) is 7.05 Å². The van der Waals surface area contributed by atoms with Gasteiger partial charge >= 0.3 is 0 Å². The molecule has 2 heterocycles. The first kappa shape index (κ1) is 14.5. The summed E-state index contributed by atoms with van der Waals surface area (Å²) < 4.78 is 2.00. The Morgan fingerprint density at radius 2 is 2.14 bits per heavy atom. The van der Waals surface area contributed by atoms with Crippen LogP contribution in [0.1, 0.15) is 32.4 Å². The summed E-state index contributed by atoms with van der Waals surface area (Å²) >= 11 is 0. The van der Waals surface area contributed by atoms with Gasteiger partial charge < -0.3 is 5.32 Å². The van der Waals surface area contributed by atoms with Crippen molar-refractivity contribution in [3.05, 3.63) is 30.0 Å². The third kappa shape index (κ3) is 2.97. The third-order valence-corrected chi connectivity index (χ3v) is 4.60. The third-order valence-electron chi connectivity index (χ3n) is 4.60. The van der Waals surface area contributed by atoms with Gasteiger partial charge in [-0.2, -0.15) is 5.10 Å². The highest BCUT2D eigenvalue weighted by Crippen LogP contribution is 2.21. The van der Waals surface area contributed by atoms with Crippen molar-refractivity contribution in [1.29, 1.82) is 0 Å². The molecule has 1 aliphatic heterocycles. The van der Waals surface area contributed by atoms with Gasteiger partial charge in [0.2, 0.25) is 0 Å². The molecule has 0 spiro atoms. The standard InChI is InChI=1S/C17H26N4/c1-4-7-14-11-21(13(2)10-18-14)12-16-15-8-5-6-9-17(15)20(3)19-16/h5-6,8-9,13-14,18H,4,7,10-12H2,1-3H3. The zero-order valence-corrected chi connectivity index (χ0v) is 13.3. The highest BCUT2D eigenvalue weighted by Gasteiger charge is 2.25. The second kappa shape index (κ2) is 6.16. The van der Waals surface area contributed by atoms with Crippen LogP contribution in [-0.4, -0.2) is 39.9 Å². The molecule has 1 saturated heterocycles. The molecule has 1 N–H and O–H groups in total. The Bertz CT molecular complexity index is 604. The monoisotopic (exact) mass is 286 g/mol. The van der Waals surface area contributed by atoms with E-state index in [1.807, 2.05) is 11.7 Å². The zero-order valence-electron chi connectivity index (χ0n) is 13.3. The number of rotatable bonds is 4. The van der Waals surface area contributed by atoms with Crippen molar-refractivity contribution in [3.8, 4) is 0 Å². The van der Waals surface area contributed by atoms with Crippen LogP contribution in [0.15, 0.2) is 24.3 Å². The minimum atomic E-state index is 0.568. The highest BCUT2D eigenvalue weighted by molar-refractivity contribution is 5.81. The first-order valence-electron chi connectivity index (χ1n) is 8.07. The number of fused-ring (bicyclic) bond motifs is 1. The van der Waals surface area contributed by atoms with Crippen molar-refractivity contribution < 1.29 is 0 Å². The number of hydrogen-bond donors (Lipinski definition) is 1. The van der Waals surface area contributed by atoms with Crippen molar-refractivity contribution in [1.82, 2.24) is 20.0 Å². The molecule has 2 unspecified atom stereocenters. The Morgan fingerprint density at radius 3 is 2.95 bits per heavy atom. The van der Waals surface area contributed by atoms with E-state index in [2.05, 4.69) is 48.3 Å². The molecule has 4 heteroatoms. The van der Waals surface area contributed by atoms with E-state index in [0.717, 1.165) is 19.6 Å². The molecule has 0 radical (unpaired) electrons. The van der Waals surface area contributed by atoms with Crippen LogP contribution in [0.4, 0.5) is 0 Å². The molecule has 1 aromatic heterocycles. The SMILES string of the molecule is CCCC1CN(Cc2nn(C)c3ccccc23)C(C)CN1. The number of nitrogens with one attached hydrogen (secondary N) is 1. The molecule has 2 aromatic rings. The summed E-state index contributed by atoms with van der Waals surface area (Å²) in [5.74, 6) is 0. The van der Waals surface area contributed by atoms with E-state index in [1.54, 1.807) is 0 Å². The Kier molecular flexibility index (Phi) is 4.27. The maximum Gasteiger partial charge on any atom is 0.0843 e. The second-order valence-electron chi connectivity index (χ2n) is 6.26. The Hall–Kier alpha value is -1.39. The zero-order chi connectivity index (χ0) is 14.8. The number of benzene rings is 1. The Balaban J connectivity index is 1.80. The van der Waals surface area contributed by atoms with Crippen molar-refractivity contribution in [2.75, 3.05) is 13.1 Å². The Labute approximate surface area is 127 Å². The summed E-state index contributed by atoms with van der Waals surface area (Å²) in [4.78, 5) is 2.58. The maximum atomic E-state index is 4.74. The van der Waals surface area contributed by atoms with Gasteiger partial charge in [0, 0.05) is 44.2 Å². The van der Waals surface area contributed by atoms with Gasteiger partial charge in [-0.05, 0) is 19.4 Å². The fraction of sp³-hybridized carbons (Fsp3) is 0.588. The summed E-state index contributed by atoms with van der Waals surface area (Å²) in [5.41, 5.74) is 2.43. The maximum absolute atomic E-state index is 4.74. The molecule has 0 saturated carbocycles. The van der Waals surface area contributed by atoms with Gasteiger partial charge in [0.1, 0.15) is 0 Å². The largest absolute Gasteiger partial charge is 0.311 e. The summed E-state index contributed by atoms with van der Waals surface area (Å²) in [6.45, 7) is 7.72. The van der Waals surface area contributed by atoms with E-state index < -0.39 is 0 Å². The van der Waals surface area contributed by atoms with E-state index >= 15 is 0 Å². The minimum Gasteiger partial charge on any atom is -0.311 e. The molecule has 4 nitrogen and oxygen atoms in total. The van der Waals surface area contributed by atoms with E-state index in [9.17, 15) is 0 Å². The molecule has 0 amide bonds. The van der Waals surface area contributed by atoms with Crippen LogP contribution in [0.3, 0.4) is 0 Å². The Morgan fingerprint density at radius 1 is 1.33 bits per heavy atom. The average molecular weight is 286 g/mol. The van der Waals surface area contributed by atoms with Gasteiger partial charge in [0.15, 0.2) is 0 Å². The lowest BCUT2D eigenvalue weighted by Gasteiger charge is -2.38. The van der Waals surface area contributed by atoms with Crippen LogP contribution >= 0.6 is 0 Å². The topological polar surface area (TPSA) is 33.1 Å². The predicted octanol–water partition coefficient (Wildman–Crippen LogP) is 2.54.